The molecule has 0 bridgehead atoms. The number of hydrogen-bond donors (Lipinski definition) is 1. The molecular formula is C11H19NO2S. The third-order valence-corrected chi connectivity index (χ3v) is 3.72. The molecular weight excluding hydrogens is 210 g/mol. The molecule has 0 aliphatic rings. The topological polar surface area (TPSA) is 42.4 Å². The highest BCUT2D eigenvalue weighted by molar-refractivity contribution is 7.11. The van der Waals surface area contributed by atoms with Crippen LogP contribution in [0.5, 0.6) is 0 Å². The van der Waals surface area contributed by atoms with Gasteiger partial charge in [0, 0.05) is 7.11 Å². The van der Waals surface area contributed by atoms with E-state index in [9.17, 15) is 5.11 Å². The van der Waals surface area contributed by atoms with Gasteiger partial charge in [0.05, 0.1) is 16.7 Å². The lowest BCUT2D eigenvalue weighted by Gasteiger charge is -2.15. The van der Waals surface area contributed by atoms with E-state index in [-0.39, 0.29) is 6.10 Å². The maximum Gasteiger partial charge on any atom is 0.122 e. The van der Waals surface area contributed by atoms with E-state index in [1.807, 2.05) is 6.92 Å². The number of hydrogen-bond acceptors (Lipinski definition) is 4. The summed E-state index contributed by atoms with van der Waals surface area (Å²) in [5.41, 5.74) is 0.910. The van der Waals surface area contributed by atoms with Crippen LogP contribution >= 0.6 is 11.3 Å². The second kappa shape index (κ2) is 5.05. The van der Waals surface area contributed by atoms with Gasteiger partial charge in [0.2, 0.25) is 0 Å². The third kappa shape index (κ3) is 2.77. The number of nitrogens with zero attached hydrogens (tertiary/aromatic N) is 1. The normalized spacial score (nSPS) is 15.7. The fourth-order valence-electron chi connectivity index (χ4n) is 1.60. The lowest BCUT2D eigenvalue weighted by molar-refractivity contribution is 0.0643. The standard InChI is InChI=1S/C11H19NO2S/c1-6(2)9(14-5)11-12-7(3)10(15-11)8(4)13/h6,8-9,13H,1-5H3. The van der Waals surface area contributed by atoms with Crippen molar-refractivity contribution in [2.75, 3.05) is 7.11 Å². The van der Waals surface area contributed by atoms with Gasteiger partial charge < -0.3 is 9.84 Å². The monoisotopic (exact) mass is 229 g/mol. The Bertz CT molecular complexity index is 320. The minimum Gasteiger partial charge on any atom is -0.388 e. The molecule has 1 heterocycles. The van der Waals surface area contributed by atoms with E-state index >= 15 is 0 Å². The summed E-state index contributed by atoms with van der Waals surface area (Å²) in [6.07, 6.45) is -0.415. The van der Waals surface area contributed by atoms with Crippen LogP contribution in [0.15, 0.2) is 0 Å². The number of rotatable bonds is 4. The molecule has 0 aliphatic carbocycles. The second-order valence-electron chi connectivity index (χ2n) is 4.08. The summed E-state index contributed by atoms with van der Waals surface area (Å²) in [5, 5.41) is 10.5. The Morgan fingerprint density at radius 3 is 2.27 bits per heavy atom. The second-order valence-corrected chi connectivity index (χ2v) is 5.14. The Hall–Kier alpha value is -0.450. The molecule has 2 atom stereocenters. The van der Waals surface area contributed by atoms with Gasteiger partial charge in [-0.1, -0.05) is 13.8 Å². The molecule has 86 valence electrons. The highest BCUT2D eigenvalue weighted by Gasteiger charge is 2.21. The van der Waals surface area contributed by atoms with Crippen LogP contribution in [0.2, 0.25) is 0 Å². The molecule has 4 heteroatoms. The van der Waals surface area contributed by atoms with E-state index in [0.29, 0.717) is 5.92 Å². The number of thiazole rings is 1. The molecule has 0 radical (unpaired) electrons. The summed E-state index contributed by atoms with van der Waals surface area (Å²) in [6.45, 7) is 7.90. The van der Waals surface area contributed by atoms with Crippen LogP contribution in [0.1, 0.15) is 48.6 Å². The number of methoxy groups -OCH3 is 1. The number of aliphatic hydroxyl groups is 1. The van der Waals surface area contributed by atoms with Crippen molar-refractivity contribution in [3.63, 3.8) is 0 Å². The van der Waals surface area contributed by atoms with Crippen molar-refractivity contribution >= 4 is 11.3 Å². The van der Waals surface area contributed by atoms with E-state index in [0.717, 1.165) is 15.6 Å². The van der Waals surface area contributed by atoms with Gasteiger partial charge in [-0.05, 0) is 19.8 Å². The third-order valence-electron chi connectivity index (χ3n) is 2.33. The summed E-state index contributed by atoms with van der Waals surface area (Å²) >= 11 is 1.54. The van der Waals surface area contributed by atoms with E-state index in [2.05, 4.69) is 18.8 Å². The highest BCUT2D eigenvalue weighted by atomic mass is 32.1. The smallest absolute Gasteiger partial charge is 0.122 e. The van der Waals surface area contributed by atoms with Crippen LogP contribution in [0.4, 0.5) is 0 Å². The van der Waals surface area contributed by atoms with Gasteiger partial charge in [-0.15, -0.1) is 11.3 Å². The molecule has 0 saturated carbocycles. The molecule has 1 aromatic rings. The molecule has 15 heavy (non-hydrogen) atoms. The zero-order chi connectivity index (χ0) is 11.6. The Kier molecular flexibility index (Phi) is 4.25. The molecule has 0 fully saturated rings. The summed E-state index contributed by atoms with van der Waals surface area (Å²) in [6, 6.07) is 0. The van der Waals surface area contributed by atoms with Crippen molar-refractivity contribution in [1.29, 1.82) is 0 Å². The Balaban J connectivity index is 3.00. The largest absolute Gasteiger partial charge is 0.388 e. The van der Waals surface area contributed by atoms with Crippen molar-refractivity contribution in [3.8, 4) is 0 Å². The first-order chi connectivity index (χ1) is 6.97. The first kappa shape index (κ1) is 12.6. The number of aryl methyl sites for hydroxylation is 1. The van der Waals surface area contributed by atoms with Gasteiger partial charge in [-0.3, -0.25) is 0 Å². The number of aliphatic hydroxyl groups excluding tert-OH is 1. The Morgan fingerprint density at radius 2 is 1.93 bits per heavy atom. The van der Waals surface area contributed by atoms with Crippen molar-refractivity contribution in [2.24, 2.45) is 5.92 Å². The van der Waals surface area contributed by atoms with E-state index in [1.165, 1.54) is 0 Å². The SMILES string of the molecule is COC(c1nc(C)c(C(C)O)s1)C(C)C. The first-order valence-corrected chi connectivity index (χ1v) is 5.97. The molecule has 0 aromatic carbocycles. The zero-order valence-electron chi connectivity index (χ0n) is 9.94. The lowest BCUT2D eigenvalue weighted by Crippen LogP contribution is -2.08. The summed E-state index contributed by atoms with van der Waals surface area (Å²) in [5.74, 6) is 0.391. The Morgan fingerprint density at radius 1 is 1.33 bits per heavy atom. The van der Waals surface area contributed by atoms with Gasteiger partial charge in [0.15, 0.2) is 0 Å². The van der Waals surface area contributed by atoms with Crippen molar-refractivity contribution in [2.45, 2.75) is 39.9 Å². The number of ether oxygens (including phenoxy) is 1. The van der Waals surface area contributed by atoms with Gasteiger partial charge in [-0.2, -0.15) is 0 Å². The van der Waals surface area contributed by atoms with E-state index in [4.69, 9.17) is 4.74 Å². The average Bonchev–Trinajstić information content (AvgIpc) is 2.48. The average molecular weight is 229 g/mol. The molecule has 0 amide bonds. The van der Waals surface area contributed by atoms with Gasteiger partial charge in [0.1, 0.15) is 11.1 Å². The molecule has 0 aliphatic heterocycles. The van der Waals surface area contributed by atoms with Crippen LogP contribution in [-0.4, -0.2) is 17.2 Å². The summed E-state index contributed by atoms with van der Waals surface area (Å²) in [7, 11) is 1.70. The van der Waals surface area contributed by atoms with Crippen LogP contribution in [0.25, 0.3) is 0 Å². The predicted octanol–water partition coefficient (Wildman–Crippen LogP) is 2.85. The van der Waals surface area contributed by atoms with Crippen molar-refractivity contribution < 1.29 is 9.84 Å². The van der Waals surface area contributed by atoms with Gasteiger partial charge in [-0.25, -0.2) is 4.98 Å². The van der Waals surface area contributed by atoms with Crippen LogP contribution < -0.4 is 0 Å². The predicted molar refractivity (Wildman–Crippen MR) is 62.1 cm³/mol. The minimum atomic E-state index is -0.444. The van der Waals surface area contributed by atoms with E-state index < -0.39 is 6.10 Å². The minimum absolute atomic E-state index is 0.0289. The number of aromatic nitrogens is 1. The molecule has 0 saturated heterocycles. The van der Waals surface area contributed by atoms with Gasteiger partial charge >= 0.3 is 0 Å². The summed E-state index contributed by atoms with van der Waals surface area (Å²) in [4.78, 5) is 5.40. The zero-order valence-corrected chi connectivity index (χ0v) is 10.8. The van der Waals surface area contributed by atoms with Crippen LogP contribution in [-0.2, 0) is 4.74 Å². The van der Waals surface area contributed by atoms with Crippen LogP contribution in [0.3, 0.4) is 0 Å². The molecule has 0 spiro atoms. The fraction of sp³-hybridized carbons (Fsp3) is 0.727. The van der Waals surface area contributed by atoms with Gasteiger partial charge in [0.25, 0.3) is 0 Å². The van der Waals surface area contributed by atoms with E-state index in [1.54, 1.807) is 25.4 Å². The molecule has 1 aromatic heterocycles. The molecule has 2 unspecified atom stereocenters. The maximum atomic E-state index is 9.54. The summed E-state index contributed by atoms with van der Waals surface area (Å²) < 4.78 is 5.41. The quantitative estimate of drug-likeness (QED) is 0.863. The molecule has 1 rings (SSSR count). The van der Waals surface area contributed by atoms with Crippen molar-refractivity contribution in [1.82, 2.24) is 4.98 Å². The fourth-order valence-corrected chi connectivity index (χ4v) is 2.85. The maximum absolute atomic E-state index is 9.54. The Labute approximate surface area is 95.1 Å². The molecule has 3 nitrogen and oxygen atoms in total. The first-order valence-electron chi connectivity index (χ1n) is 5.15. The van der Waals surface area contributed by atoms with Crippen molar-refractivity contribution in [3.05, 3.63) is 15.6 Å². The van der Waals surface area contributed by atoms with Crippen LogP contribution in [0, 0.1) is 12.8 Å². The molecule has 1 N–H and O–H groups in total. The highest BCUT2D eigenvalue weighted by Crippen LogP contribution is 2.33. The lowest BCUT2D eigenvalue weighted by atomic mass is 10.1.